The van der Waals surface area contributed by atoms with Gasteiger partial charge in [-0.1, -0.05) is 61.0 Å². The second-order valence-corrected chi connectivity index (χ2v) is 6.67. The Morgan fingerprint density at radius 1 is 1.32 bits per heavy atom. The molecule has 0 bridgehead atoms. The Labute approximate surface area is 123 Å². The largest absolute Gasteiger partial charge is 0.468 e. The van der Waals surface area contributed by atoms with Crippen LogP contribution in [0.2, 0.25) is 0 Å². The van der Waals surface area contributed by atoms with Crippen molar-refractivity contribution in [3.8, 4) is 0 Å². The molecule has 1 unspecified atom stereocenters. The van der Waals surface area contributed by atoms with Crippen LogP contribution in [-0.4, -0.2) is 24.5 Å². The van der Waals surface area contributed by atoms with Gasteiger partial charge in [0.25, 0.3) is 0 Å². The Kier molecular flexibility index (Phi) is 6.01. The fraction of sp³-hybridized carbons (Fsp3) is 0.533. The summed E-state index contributed by atoms with van der Waals surface area (Å²) in [6, 6.07) is 8.55. The number of rotatable bonds is 5. The molecule has 1 aromatic rings. The first-order chi connectivity index (χ1) is 8.84. The summed E-state index contributed by atoms with van der Waals surface area (Å²) in [6.45, 7) is 7.89. The number of carbonyl (C=O) groups excluding carboxylic acids is 1. The van der Waals surface area contributed by atoms with Gasteiger partial charge in [-0.05, 0) is 16.5 Å². The maximum Gasteiger partial charge on any atom is 0.320 e. The Morgan fingerprint density at radius 3 is 2.37 bits per heavy atom. The highest BCUT2D eigenvalue weighted by Gasteiger charge is 2.15. The van der Waals surface area contributed by atoms with Crippen molar-refractivity contribution in [1.82, 2.24) is 5.32 Å². The Hall–Kier alpha value is -0.870. The first kappa shape index (κ1) is 16.2. The zero-order valence-electron chi connectivity index (χ0n) is 12.0. The summed E-state index contributed by atoms with van der Waals surface area (Å²) in [4.78, 5) is 10.9. The van der Waals surface area contributed by atoms with E-state index >= 15 is 0 Å². The molecule has 0 aliphatic carbocycles. The van der Waals surface area contributed by atoms with E-state index in [-0.39, 0.29) is 16.2 Å². The van der Waals surface area contributed by atoms with Crippen molar-refractivity contribution in [2.75, 3.05) is 13.7 Å². The molecule has 0 aromatic heterocycles. The monoisotopic (exact) mass is 327 g/mol. The van der Waals surface area contributed by atoms with Gasteiger partial charge in [0.1, 0.15) is 4.83 Å². The maximum atomic E-state index is 11.2. The van der Waals surface area contributed by atoms with E-state index < -0.39 is 0 Å². The summed E-state index contributed by atoms with van der Waals surface area (Å²) in [5, 5.41) is 3.23. The molecule has 0 amide bonds. The third kappa shape index (κ3) is 5.33. The van der Waals surface area contributed by atoms with Gasteiger partial charge in [-0.3, -0.25) is 4.79 Å². The predicted molar refractivity (Wildman–Crippen MR) is 81.6 cm³/mol. The molecule has 1 rings (SSSR count). The van der Waals surface area contributed by atoms with Gasteiger partial charge in [0, 0.05) is 13.1 Å². The molecule has 0 radical (unpaired) electrons. The molecular formula is C15H22BrNO2. The lowest BCUT2D eigenvalue weighted by Crippen LogP contribution is -2.29. The van der Waals surface area contributed by atoms with Gasteiger partial charge in [-0.25, -0.2) is 0 Å². The minimum Gasteiger partial charge on any atom is -0.468 e. The number of hydrogen-bond acceptors (Lipinski definition) is 3. The van der Waals surface area contributed by atoms with E-state index in [4.69, 9.17) is 0 Å². The molecule has 4 heteroatoms. The topological polar surface area (TPSA) is 38.3 Å². The molecule has 0 saturated carbocycles. The summed E-state index contributed by atoms with van der Waals surface area (Å²) in [5.74, 6) is -0.254. The Balaban J connectivity index is 2.45. The van der Waals surface area contributed by atoms with Crippen LogP contribution in [0.3, 0.4) is 0 Å². The van der Waals surface area contributed by atoms with Crippen LogP contribution < -0.4 is 5.32 Å². The second-order valence-electron chi connectivity index (χ2n) is 5.57. The highest BCUT2D eigenvalue weighted by atomic mass is 79.9. The number of ether oxygens (including phenoxy) is 1. The normalized spacial score (nSPS) is 13.1. The molecular weight excluding hydrogens is 306 g/mol. The number of esters is 1. The summed E-state index contributed by atoms with van der Waals surface area (Å²) < 4.78 is 4.64. The van der Waals surface area contributed by atoms with Gasteiger partial charge in [0.2, 0.25) is 0 Å². The molecule has 0 heterocycles. The van der Waals surface area contributed by atoms with Crippen LogP contribution in [0.25, 0.3) is 0 Å². The van der Waals surface area contributed by atoms with Crippen LogP contribution in [0.15, 0.2) is 24.3 Å². The van der Waals surface area contributed by atoms with Gasteiger partial charge in [0.05, 0.1) is 7.11 Å². The van der Waals surface area contributed by atoms with Crippen LogP contribution in [0.5, 0.6) is 0 Å². The van der Waals surface area contributed by atoms with E-state index in [1.54, 1.807) is 0 Å². The van der Waals surface area contributed by atoms with Gasteiger partial charge < -0.3 is 10.1 Å². The average molecular weight is 328 g/mol. The minimum absolute atomic E-state index is 0.178. The van der Waals surface area contributed by atoms with E-state index in [9.17, 15) is 4.79 Å². The predicted octanol–water partition coefficient (Wildman–Crippen LogP) is 3.01. The van der Waals surface area contributed by atoms with Crippen LogP contribution in [0, 0.1) is 0 Å². The third-order valence-corrected chi connectivity index (χ3v) is 3.63. The van der Waals surface area contributed by atoms with Crippen molar-refractivity contribution in [3.05, 3.63) is 35.4 Å². The van der Waals surface area contributed by atoms with Crippen molar-refractivity contribution in [2.24, 2.45) is 0 Å². The Morgan fingerprint density at radius 2 is 1.89 bits per heavy atom. The van der Waals surface area contributed by atoms with Gasteiger partial charge >= 0.3 is 5.97 Å². The summed E-state index contributed by atoms with van der Waals surface area (Å²) in [5.41, 5.74) is 2.71. The van der Waals surface area contributed by atoms with Crippen molar-refractivity contribution in [3.63, 3.8) is 0 Å². The summed E-state index contributed by atoms with van der Waals surface area (Å²) in [6.07, 6.45) is 0. The zero-order valence-corrected chi connectivity index (χ0v) is 13.6. The molecule has 0 spiro atoms. The lowest BCUT2D eigenvalue weighted by atomic mass is 9.87. The number of carbonyl (C=O) groups is 1. The molecule has 1 N–H and O–H groups in total. The van der Waals surface area contributed by atoms with Gasteiger partial charge in [-0.2, -0.15) is 0 Å². The fourth-order valence-corrected chi connectivity index (χ4v) is 2.09. The summed E-state index contributed by atoms with van der Waals surface area (Å²) >= 11 is 3.28. The van der Waals surface area contributed by atoms with Gasteiger partial charge in [0.15, 0.2) is 0 Å². The molecule has 106 valence electrons. The van der Waals surface area contributed by atoms with Crippen molar-refractivity contribution < 1.29 is 9.53 Å². The molecule has 0 saturated heterocycles. The number of halogens is 1. The van der Waals surface area contributed by atoms with Crippen LogP contribution in [-0.2, 0) is 21.5 Å². The van der Waals surface area contributed by atoms with E-state index in [0.717, 1.165) is 6.54 Å². The van der Waals surface area contributed by atoms with Crippen molar-refractivity contribution in [2.45, 2.75) is 37.6 Å². The molecule has 1 atom stereocenters. The molecule has 19 heavy (non-hydrogen) atoms. The number of nitrogens with one attached hydrogen (secondary N) is 1. The first-order valence-corrected chi connectivity index (χ1v) is 7.28. The van der Waals surface area contributed by atoms with Gasteiger partial charge in [-0.15, -0.1) is 0 Å². The lowest BCUT2D eigenvalue weighted by molar-refractivity contribution is -0.139. The first-order valence-electron chi connectivity index (χ1n) is 6.36. The third-order valence-electron chi connectivity index (χ3n) is 2.93. The van der Waals surface area contributed by atoms with E-state index in [0.29, 0.717) is 6.54 Å². The quantitative estimate of drug-likeness (QED) is 0.667. The highest BCUT2D eigenvalue weighted by Crippen LogP contribution is 2.22. The Bertz CT molecular complexity index is 409. The second kappa shape index (κ2) is 7.06. The molecule has 0 aliphatic rings. The molecule has 0 fully saturated rings. The van der Waals surface area contributed by atoms with E-state index in [1.807, 2.05) is 0 Å². The van der Waals surface area contributed by atoms with E-state index in [1.165, 1.54) is 18.2 Å². The lowest BCUT2D eigenvalue weighted by Gasteiger charge is -2.19. The van der Waals surface area contributed by atoms with Crippen molar-refractivity contribution >= 4 is 21.9 Å². The molecule has 3 nitrogen and oxygen atoms in total. The van der Waals surface area contributed by atoms with E-state index in [2.05, 4.69) is 71.0 Å². The van der Waals surface area contributed by atoms with Crippen molar-refractivity contribution in [1.29, 1.82) is 0 Å². The SMILES string of the molecule is COC(=O)C(Br)CNCc1ccc(C(C)(C)C)cc1. The number of hydrogen-bond donors (Lipinski definition) is 1. The zero-order chi connectivity index (χ0) is 14.5. The number of alkyl halides is 1. The minimum atomic E-state index is -0.300. The average Bonchev–Trinajstić information content (AvgIpc) is 2.37. The standard InChI is InChI=1S/C15H22BrNO2/c1-15(2,3)12-7-5-11(6-8-12)9-17-10-13(16)14(18)19-4/h5-8,13,17H,9-10H2,1-4H3. The number of benzene rings is 1. The maximum absolute atomic E-state index is 11.2. The molecule has 1 aromatic carbocycles. The number of methoxy groups -OCH3 is 1. The smallest absolute Gasteiger partial charge is 0.320 e. The van der Waals surface area contributed by atoms with Crippen LogP contribution in [0.1, 0.15) is 31.9 Å². The van der Waals surface area contributed by atoms with Crippen LogP contribution in [0.4, 0.5) is 0 Å². The fourth-order valence-electron chi connectivity index (χ4n) is 1.68. The van der Waals surface area contributed by atoms with Crippen LogP contribution >= 0.6 is 15.9 Å². The molecule has 0 aliphatic heterocycles. The highest BCUT2D eigenvalue weighted by molar-refractivity contribution is 9.10. The summed E-state index contributed by atoms with van der Waals surface area (Å²) in [7, 11) is 1.39.